The normalized spacial score (nSPS) is 22.2. The number of rotatable bonds is 4. The summed E-state index contributed by atoms with van der Waals surface area (Å²) in [5, 5.41) is 0. The lowest BCUT2D eigenvalue weighted by Crippen LogP contribution is -2.47. The summed E-state index contributed by atoms with van der Waals surface area (Å²) in [6, 6.07) is 6.93. The summed E-state index contributed by atoms with van der Waals surface area (Å²) in [6.07, 6.45) is 0.363. The van der Waals surface area contributed by atoms with Crippen LogP contribution in [0.15, 0.2) is 24.3 Å². The van der Waals surface area contributed by atoms with Crippen molar-refractivity contribution in [2.75, 3.05) is 26.2 Å². The summed E-state index contributed by atoms with van der Waals surface area (Å²) in [5.41, 5.74) is 1.03. The van der Waals surface area contributed by atoms with E-state index in [-0.39, 0.29) is 5.75 Å². The van der Waals surface area contributed by atoms with Gasteiger partial charge >= 0.3 is 6.36 Å². The lowest BCUT2D eigenvalue weighted by Gasteiger charge is -2.41. The number of hydrogen-bond donors (Lipinski definition) is 0. The molecule has 0 bridgehead atoms. The summed E-state index contributed by atoms with van der Waals surface area (Å²) in [4.78, 5) is 5.04. The monoisotopic (exact) mass is 356 g/mol. The van der Waals surface area contributed by atoms with Gasteiger partial charge in [0, 0.05) is 12.6 Å². The smallest absolute Gasteiger partial charge is 0.406 e. The maximum Gasteiger partial charge on any atom is 0.573 e. The first-order chi connectivity index (χ1) is 11.9. The molecule has 2 fully saturated rings. The van der Waals surface area contributed by atoms with E-state index in [0.29, 0.717) is 6.04 Å². The van der Waals surface area contributed by atoms with Crippen molar-refractivity contribution in [3.8, 4) is 5.75 Å². The predicted octanol–water partition coefficient (Wildman–Crippen LogP) is 4.28. The maximum absolute atomic E-state index is 12.2. The van der Waals surface area contributed by atoms with E-state index in [9.17, 15) is 13.2 Å². The minimum atomic E-state index is -4.63. The fourth-order valence-corrected chi connectivity index (χ4v) is 3.89. The highest BCUT2D eigenvalue weighted by Gasteiger charge is 2.31. The van der Waals surface area contributed by atoms with Crippen molar-refractivity contribution in [2.24, 2.45) is 5.92 Å². The summed E-state index contributed by atoms with van der Waals surface area (Å²) < 4.78 is 40.5. The highest BCUT2D eigenvalue weighted by molar-refractivity contribution is 5.27. The summed E-state index contributed by atoms with van der Waals surface area (Å²) >= 11 is 0. The van der Waals surface area contributed by atoms with Crippen LogP contribution in [0, 0.1) is 5.92 Å². The number of ether oxygens (including phenoxy) is 1. The van der Waals surface area contributed by atoms with Gasteiger partial charge in [-0.1, -0.05) is 19.1 Å². The molecule has 0 amide bonds. The molecule has 2 aliphatic rings. The molecule has 0 unspecified atom stereocenters. The molecule has 0 aromatic heterocycles. The number of piperidine rings is 2. The Morgan fingerprint density at radius 2 is 1.56 bits per heavy atom. The van der Waals surface area contributed by atoms with Crippen molar-refractivity contribution in [3.63, 3.8) is 0 Å². The number of nitrogens with zero attached hydrogens (tertiary/aromatic N) is 2. The molecule has 3 nitrogen and oxygen atoms in total. The zero-order valence-electron chi connectivity index (χ0n) is 14.8. The Balaban J connectivity index is 1.44. The zero-order valence-corrected chi connectivity index (χ0v) is 14.8. The average Bonchev–Trinajstić information content (AvgIpc) is 2.57. The molecule has 0 aliphatic carbocycles. The second-order valence-corrected chi connectivity index (χ2v) is 7.42. The van der Waals surface area contributed by atoms with Crippen LogP contribution in [-0.4, -0.2) is 48.4 Å². The van der Waals surface area contributed by atoms with Crippen molar-refractivity contribution in [2.45, 2.75) is 51.6 Å². The van der Waals surface area contributed by atoms with Gasteiger partial charge in [-0.15, -0.1) is 13.2 Å². The standard InChI is InChI=1S/C19H27F3N2O/c1-15-6-12-24(13-7-15)17-8-10-23(11-9-17)14-16-2-4-18(5-3-16)25-19(20,21)22/h2-5,15,17H,6-14H2,1H3. The average molecular weight is 356 g/mol. The summed E-state index contributed by atoms with van der Waals surface area (Å²) in [7, 11) is 0. The van der Waals surface area contributed by atoms with E-state index in [1.165, 1.54) is 50.9 Å². The van der Waals surface area contributed by atoms with E-state index < -0.39 is 6.36 Å². The maximum atomic E-state index is 12.2. The van der Waals surface area contributed by atoms with Gasteiger partial charge in [0.25, 0.3) is 0 Å². The molecular weight excluding hydrogens is 329 g/mol. The van der Waals surface area contributed by atoms with Crippen molar-refractivity contribution in [3.05, 3.63) is 29.8 Å². The second-order valence-electron chi connectivity index (χ2n) is 7.42. The van der Waals surface area contributed by atoms with E-state index >= 15 is 0 Å². The molecule has 2 aliphatic heterocycles. The van der Waals surface area contributed by atoms with Crippen LogP contribution in [0.25, 0.3) is 0 Å². The SMILES string of the molecule is CC1CCN(C2CCN(Cc3ccc(OC(F)(F)F)cc3)CC2)CC1. The Bertz CT molecular complexity index is 531. The summed E-state index contributed by atoms with van der Waals surface area (Å²) in [6.45, 7) is 7.69. The third-order valence-corrected chi connectivity index (χ3v) is 5.45. The Morgan fingerprint density at radius 3 is 2.12 bits per heavy atom. The topological polar surface area (TPSA) is 15.7 Å². The van der Waals surface area contributed by atoms with Gasteiger partial charge < -0.3 is 9.64 Å². The van der Waals surface area contributed by atoms with E-state index in [2.05, 4.69) is 21.5 Å². The molecule has 0 N–H and O–H groups in total. The number of likely N-dealkylation sites (tertiary alicyclic amines) is 2. The van der Waals surface area contributed by atoms with Gasteiger partial charge in [-0.25, -0.2) is 0 Å². The van der Waals surface area contributed by atoms with Gasteiger partial charge in [0.15, 0.2) is 0 Å². The fraction of sp³-hybridized carbons (Fsp3) is 0.684. The molecule has 0 radical (unpaired) electrons. The highest BCUT2D eigenvalue weighted by atomic mass is 19.4. The molecule has 6 heteroatoms. The predicted molar refractivity (Wildman–Crippen MR) is 91.4 cm³/mol. The molecule has 25 heavy (non-hydrogen) atoms. The molecule has 1 aromatic carbocycles. The van der Waals surface area contributed by atoms with Crippen molar-refractivity contribution < 1.29 is 17.9 Å². The molecule has 1 aromatic rings. The Kier molecular flexibility index (Phi) is 5.89. The molecule has 0 atom stereocenters. The minimum Gasteiger partial charge on any atom is -0.406 e. The van der Waals surface area contributed by atoms with Gasteiger partial charge in [0.2, 0.25) is 0 Å². The second kappa shape index (κ2) is 7.96. The van der Waals surface area contributed by atoms with Crippen LogP contribution in [0.3, 0.4) is 0 Å². The number of benzene rings is 1. The molecule has 2 heterocycles. The van der Waals surface area contributed by atoms with Crippen LogP contribution in [0.4, 0.5) is 13.2 Å². The number of alkyl halides is 3. The van der Waals surface area contributed by atoms with Crippen LogP contribution in [-0.2, 0) is 6.54 Å². The van der Waals surface area contributed by atoms with Crippen LogP contribution >= 0.6 is 0 Å². The number of halogens is 3. The molecular formula is C19H27F3N2O. The molecule has 2 saturated heterocycles. The number of hydrogen-bond acceptors (Lipinski definition) is 3. The molecule has 3 rings (SSSR count). The van der Waals surface area contributed by atoms with Gasteiger partial charge in [-0.2, -0.15) is 0 Å². The van der Waals surface area contributed by atoms with Crippen LogP contribution < -0.4 is 4.74 Å². The Labute approximate surface area is 147 Å². The van der Waals surface area contributed by atoms with E-state index in [0.717, 1.165) is 31.1 Å². The third kappa shape index (κ3) is 5.61. The first-order valence-corrected chi connectivity index (χ1v) is 9.20. The minimum absolute atomic E-state index is 0.158. The van der Waals surface area contributed by atoms with Crippen molar-refractivity contribution in [1.29, 1.82) is 0 Å². The van der Waals surface area contributed by atoms with Gasteiger partial charge in [0.05, 0.1) is 0 Å². The van der Waals surface area contributed by atoms with Crippen molar-refractivity contribution in [1.82, 2.24) is 9.80 Å². The van der Waals surface area contributed by atoms with Gasteiger partial charge in [0.1, 0.15) is 5.75 Å². The van der Waals surface area contributed by atoms with E-state index in [1.54, 1.807) is 12.1 Å². The van der Waals surface area contributed by atoms with Gasteiger partial charge in [-0.3, -0.25) is 4.90 Å². The Morgan fingerprint density at radius 1 is 0.960 bits per heavy atom. The fourth-order valence-electron chi connectivity index (χ4n) is 3.89. The molecule has 140 valence electrons. The van der Waals surface area contributed by atoms with Crippen LogP contribution in [0.2, 0.25) is 0 Å². The van der Waals surface area contributed by atoms with E-state index in [4.69, 9.17) is 0 Å². The summed E-state index contributed by atoms with van der Waals surface area (Å²) in [5.74, 6) is 0.704. The van der Waals surface area contributed by atoms with Crippen LogP contribution in [0.5, 0.6) is 5.75 Å². The Hall–Kier alpha value is -1.27. The molecule has 0 saturated carbocycles. The van der Waals surface area contributed by atoms with Gasteiger partial charge in [-0.05, 0) is 75.5 Å². The third-order valence-electron chi connectivity index (χ3n) is 5.45. The van der Waals surface area contributed by atoms with E-state index in [1.807, 2.05) is 0 Å². The molecule has 0 spiro atoms. The highest BCUT2D eigenvalue weighted by Crippen LogP contribution is 2.25. The first-order valence-electron chi connectivity index (χ1n) is 9.20. The van der Waals surface area contributed by atoms with Crippen molar-refractivity contribution >= 4 is 0 Å². The first kappa shape index (κ1) is 18.5. The zero-order chi connectivity index (χ0) is 17.9. The lowest BCUT2D eigenvalue weighted by molar-refractivity contribution is -0.274. The van der Waals surface area contributed by atoms with Crippen LogP contribution in [0.1, 0.15) is 38.2 Å². The quantitative estimate of drug-likeness (QED) is 0.801. The largest absolute Gasteiger partial charge is 0.573 e. The lowest BCUT2D eigenvalue weighted by atomic mass is 9.95.